The highest BCUT2D eigenvalue weighted by atomic mass is 16.5. The first-order chi connectivity index (χ1) is 19.5. The van der Waals surface area contributed by atoms with Crippen LogP contribution in [-0.2, 0) is 0 Å². The zero-order valence-electron chi connectivity index (χ0n) is 24.8. The molecule has 2 N–H and O–H groups in total. The predicted molar refractivity (Wildman–Crippen MR) is 162 cm³/mol. The molecule has 0 radical (unpaired) electrons. The Morgan fingerprint density at radius 1 is 0.925 bits per heavy atom. The zero-order chi connectivity index (χ0) is 27.9. The van der Waals surface area contributed by atoms with Crippen molar-refractivity contribution in [2.45, 2.75) is 51.0 Å². The molecule has 1 aromatic heterocycles. The number of benzene rings is 1. The quantitative estimate of drug-likeness (QED) is 0.432. The molecule has 220 valence electrons. The molecule has 2 aromatic rings. The number of ether oxygens (including phenoxy) is 1. The number of hydrogen-bond donors (Lipinski definition) is 2. The number of aromatic nitrogens is 2. The number of carbonyl (C=O) groups excluding carboxylic acids is 1. The third-order valence-electron chi connectivity index (χ3n) is 8.70. The molecule has 3 aliphatic heterocycles. The average Bonchev–Trinajstić information content (AvgIpc) is 3.39. The molecule has 5 rings (SSSR count). The number of anilines is 2. The second-order valence-corrected chi connectivity index (χ2v) is 11.8. The second-order valence-electron chi connectivity index (χ2n) is 11.8. The molecule has 0 spiro atoms. The first-order valence-corrected chi connectivity index (χ1v) is 15.3. The van der Waals surface area contributed by atoms with Gasteiger partial charge in [-0.2, -0.15) is 4.98 Å². The summed E-state index contributed by atoms with van der Waals surface area (Å²) >= 11 is 0. The van der Waals surface area contributed by atoms with Crippen LogP contribution in [0.15, 0.2) is 12.1 Å². The molecule has 0 atom stereocenters. The van der Waals surface area contributed by atoms with Gasteiger partial charge in [-0.05, 0) is 110 Å². The van der Waals surface area contributed by atoms with E-state index in [1.54, 1.807) is 7.11 Å². The summed E-state index contributed by atoms with van der Waals surface area (Å²) in [5.41, 5.74) is 1.30. The van der Waals surface area contributed by atoms with Crippen LogP contribution in [0.5, 0.6) is 5.75 Å². The molecule has 4 heterocycles. The summed E-state index contributed by atoms with van der Waals surface area (Å²) in [5, 5.41) is 7.76. The van der Waals surface area contributed by atoms with Gasteiger partial charge in [0.2, 0.25) is 5.95 Å². The lowest BCUT2D eigenvalue weighted by atomic mass is 10.0. The van der Waals surface area contributed by atoms with Gasteiger partial charge in [0.05, 0.1) is 18.2 Å². The smallest absolute Gasteiger partial charge is 0.255 e. The van der Waals surface area contributed by atoms with E-state index in [-0.39, 0.29) is 5.91 Å². The Labute approximate surface area is 239 Å². The Morgan fingerprint density at radius 2 is 1.70 bits per heavy atom. The minimum absolute atomic E-state index is 0.110. The largest absolute Gasteiger partial charge is 0.496 e. The van der Waals surface area contributed by atoms with Crippen LogP contribution in [-0.4, -0.2) is 123 Å². The molecular formula is C30H48N8O2. The summed E-state index contributed by atoms with van der Waals surface area (Å²) in [4.78, 5) is 32.9. The molecular weight excluding hydrogens is 504 g/mol. The van der Waals surface area contributed by atoms with Gasteiger partial charge in [0.25, 0.3) is 5.91 Å². The van der Waals surface area contributed by atoms with Crippen LogP contribution < -0.4 is 20.3 Å². The monoisotopic (exact) mass is 552 g/mol. The van der Waals surface area contributed by atoms with Crippen LogP contribution in [0, 0.1) is 0 Å². The lowest BCUT2D eigenvalue weighted by molar-refractivity contribution is 0.0949. The molecule has 10 heteroatoms. The van der Waals surface area contributed by atoms with E-state index >= 15 is 0 Å². The molecule has 40 heavy (non-hydrogen) atoms. The summed E-state index contributed by atoms with van der Waals surface area (Å²) in [5.74, 6) is 2.01. The number of unbranched alkanes of at least 4 members (excludes halogenated alkanes) is 1. The Hall–Kier alpha value is -2.69. The van der Waals surface area contributed by atoms with Crippen LogP contribution in [0.4, 0.5) is 11.8 Å². The standard InChI is InChI=1S/C30H48N8O2/c1-35-12-8-16-38(20-19-35)30-33-26-21-25(29(39)31-11-4-5-13-37-14-6-7-15-37)27(40-3)22-24(26)28(34-30)32-23-9-17-36(2)18-10-23/h21-23H,4-20H2,1-3H3,(H,31,39)(H,32,33,34). The summed E-state index contributed by atoms with van der Waals surface area (Å²) in [6.07, 6.45) is 7.91. The SMILES string of the molecule is COc1cc2c(NC3CCN(C)CC3)nc(N3CCCN(C)CC3)nc2cc1C(=O)NCCCCN1CCCC1. The van der Waals surface area contributed by atoms with Crippen LogP contribution in [0.1, 0.15) is 55.3 Å². The van der Waals surface area contributed by atoms with Crippen molar-refractivity contribution in [2.75, 3.05) is 96.9 Å². The van der Waals surface area contributed by atoms with Gasteiger partial charge >= 0.3 is 0 Å². The third kappa shape index (κ3) is 7.33. The summed E-state index contributed by atoms with van der Waals surface area (Å²) in [6.45, 7) is 10.2. The van der Waals surface area contributed by atoms with Gasteiger partial charge in [-0.3, -0.25) is 4.79 Å². The summed E-state index contributed by atoms with van der Waals surface area (Å²) in [6, 6.07) is 4.18. The van der Waals surface area contributed by atoms with E-state index in [4.69, 9.17) is 14.7 Å². The predicted octanol–water partition coefficient (Wildman–Crippen LogP) is 2.89. The molecule has 1 aromatic carbocycles. The first kappa shape index (κ1) is 28.8. The van der Waals surface area contributed by atoms with Gasteiger partial charge in [0.1, 0.15) is 11.6 Å². The van der Waals surface area contributed by atoms with Crippen LogP contribution >= 0.6 is 0 Å². The van der Waals surface area contributed by atoms with Gasteiger partial charge in [-0.25, -0.2) is 4.98 Å². The number of likely N-dealkylation sites (tertiary alicyclic amines) is 2. The number of carbonyl (C=O) groups is 1. The zero-order valence-corrected chi connectivity index (χ0v) is 24.8. The van der Waals surface area contributed by atoms with E-state index < -0.39 is 0 Å². The number of nitrogens with one attached hydrogen (secondary N) is 2. The van der Waals surface area contributed by atoms with Crippen LogP contribution in [0.3, 0.4) is 0 Å². The maximum atomic E-state index is 13.3. The van der Waals surface area contributed by atoms with Crippen LogP contribution in [0.2, 0.25) is 0 Å². The fourth-order valence-corrected chi connectivity index (χ4v) is 6.10. The number of nitrogens with zero attached hydrogens (tertiary/aromatic N) is 6. The second kappa shape index (κ2) is 13.8. The highest BCUT2D eigenvalue weighted by Crippen LogP contribution is 2.32. The lowest BCUT2D eigenvalue weighted by Gasteiger charge is -2.30. The van der Waals surface area contributed by atoms with Gasteiger partial charge in [-0.1, -0.05) is 0 Å². The molecule has 3 saturated heterocycles. The topological polar surface area (TPSA) is 89.1 Å². The number of fused-ring (bicyclic) bond motifs is 1. The molecule has 3 aliphatic rings. The molecule has 10 nitrogen and oxygen atoms in total. The lowest BCUT2D eigenvalue weighted by Crippen LogP contribution is -2.37. The number of piperidine rings is 1. The maximum absolute atomic E-state index is 13.3. The van der Waals surface area contributed by atoms with Crippen molar-refractivity contribution < 1.29 is 9.53 Å². The molecule has 3 fully saturated rings. The van der Waals surface area contributed by atoms with Crippen molar-refractivity contribution >= 4 is 28.6 Å². The van der Waals surface area contributed by atoms with Crippen molar-refractivity contribution in [3.8, 4) is 5.75 Å². The average molecular weight is 553 g/mol. The number of rotatable bonds is 10. The van der Waals surface area contributed by atoms with E-state index in [1.807, 2.05) is 12.1 Å². The Kier molecular flexibility index (Phi) is 9.93. The van der Waals surface area contributed by atoms with E-state index in [1.165, 1.54) is 25.9 Å². The fourth-order valence-electron chi connectivity index (χ4n) is 6.10. The highest BCUT2D eigenvalue weighted by molar-refractivity contribution is 6.03. The Bertz CT molecular complexity index is 1130. The van der Waals surface area contributed by atoms with Crippen molar-refractivity contribution in [1.82, 2.24) is 30.0 Å². The van der Waals surface area contributed by atoms with Gasteiger partial charge in [0, 0.05) is 37.6 Å². The van der Waals surface area contributed by atoms with Crippen LogP contribution in [0.25, 0.3) is 10.9 Å². The molecule has 0 unspecified atom stereocenters. The molecule has 0 bridgehead atoms. The van der Waals surface area contributed by atoms with Gasteiger partial charge in [0.15, 0.2) is 0 Å². The van der Waals surface area contributed by atoms with E-state index in [2.05, 4.69) is 44.3 Å². The minimum atomic E-state index is -0.110. The highest BCUT2D eigenvalue weighted by Gasteiger charge is 2.23. The Morgan fingerprint density at radius 3 is 2.48 bits per heavy atom. The first-order valence-electron chi connectivity index (χ1n) is 15.3. The molecule has 1 amide bonds. The fraction of sp³-hybridized carbons (Fsp3) is 0.700. The third-order valence-corrected chi connectivity index (χ3v) is 8.70. The normalized spacial score (nSPS) is 20.1. The van der Waals surface area contributed by atoms with Crippen molar-refractivity contribution in [2.24, 2.45) is 0 Å². The van der Waals surface area contributed by atoms with Crippen molar-refractivity contribution in [3.63, 3.8) is 0 Å². The maximum Gasteiger partial charge on any atom is 0.255 e. The minimum Gasteiger partial charge on any atom is -0.496 e. The summed E-state index contributed by atoms with van der Waals surface area (Å²) in [7, 11) is 5.97. The number of methoxy groups -OCH3 is 1. The number of likely N-dealkylation sites (N-methyl/N-ethyl adjacent to an activating group) is 1. The Balaban J connectivity index is 1.37. The van der Waals surface area contributed by atoms with Gasteiger partial charge in [-0.15, -0.1) is 0 Å². The molecule has 0 saturated carbocycles. The number of hydrogen-bond acceptors (Lipinski definition) is 9. The van der Waals surface area contributed by atoms with Gasteiger partial charge < -0.3 is 35.0 Å². The van der Waals surface area contributed by atoms with E-state index in [0.717, 1.165) is 101 Å². The summed E-state index contributed by atoms with van der Waals surface area (Å²) < 4.78 is 5.73. The van der Waals surface area contributed by atoms with E-state index in [0.29, 0.717) is 23.9 Å². The molecule has 0 aliphatic carbocycles. The van der Waals surface area contributed by atoms with Crippen molar-refractivity contribution in [3.05, 3.63) is 17.7 Å². The van der Waals surface area contributed by atoms with E-state index in [9.17, 15) is 4.79 Å². The number of amides is 1. The van der Waals surface area contributed by atoms with Crippen molar-refractivity contribution in [1.29, 1.82) is 0 Å².